The van der Waals surface area contributed by atoms with E-state index in [0.717, 1.165) is 16.7 Å². The monoisotopic (exact) mass is 325 g/mol. The van der Waals surface area contributed by atoms with Crippen molar-refractivity contribution in [1.82, 2.24) is 5.32 Å². The first kappa shape index (κ1) is 17.7. The first-order valence-corrected chi connectivity index (χ1v) is 7.94. The van der Waals surface area contributed by atoms with Crippen LogP contribution in [0.2, 0.25) is 0 Å². The lowest BCUT2D eigenvalue weighted by Crippen LogP contribution is -2.30. The molecule has 4 N–H and O–H groups in total. The molecule has 0 heterocycles. The number of benzene rings is 2. The number of anilines is 1. The SMILES string of the molecule is Cc1ccc(C(=O)Nc2ccccc2CC(=O)NCCN)cc1C. The molecule has 5 heteroatoms. The number of hydrogen-bond acceptors (Lipinski definition) is 3. The second kappa shape index (κ2) is 8.26. The summed E-state index contributed by atoms with van der Waals surface area (Å²) in [6.45, 7) is 4.82. The number of aryl methyl sites for hydroxylation is 2. The highest BCUT2D eigenvalue weighted by Crippen LogP contribution is 2.18. The summed E-state index contributed by atoms with van der Waals surface area (Å²) in [7, 11) is 0. The molecule has 126 valence electrons. The second-order valence-electron chi connectivity index (χ2n) is 5.73. The molecule has 0 fully saturated rings. The van der Waals surface area contributed by atoms with E-state index in [9.17, 15) is 9.59 Å². The van der Waals surface area contributed by atoms with E-state index in [0.29, 0.717) is 24.3 Å². The standard InChI is InChI=1S/C19H23N3O2/c1-13-7-8-16(11-14(13)2)19(24)22-17-6-4-3-5-15(17)12-18(23)21-10-9-20/h3-8,11H,9-10,12,20H2,1-2H3,(H,21,23)(H,22,24). The maximum Gasteiger partial charge on any atom is 0.255 e. The number of hydrogen-bond donors (Lipinski definition) is 3. The van der Waals surface area contributed by atoms with Crippen LogP contribution in [0.3, 0.4) is 0 Å². The second-order valence-corrected chi connectivity index (χ2v) is 5.73. The van der Waals surface area contributed by atoms with E-state index in [2.05, 4.69) is 10.6 Å². The zero-order valence-corrected chi connectivity index (χ0v) is 14.1. The van der Waals surface area contributed by atoms with Crippen molar-refractivity contribution in [3.8, 4) is 0 Å². The third-order valence-electron chi connectivity index (χ3n) is 3.85. The van der Waals surface area contributed by atoms with Crippen molar-refractivity contribution in [3.05, 3.63) is 64.7 Å². The van der Waals surface area contributed by atoms with Gasteiger partial charge in [-0.2, -0.15) is 0 Å². The maximum atomic E-state index is 12.5. The molecule has 0 saturated carbocycles. The van der Waals surface area contributed by atoms with Crippen LogP contribution in [-0.4, -0.2) is 24.9 Å². The Balaban J connectivity index is 2.13. The largest absolute Gasteiger partial charge is 0.355 e. The minimum Gasteiger partial charge on any atom is -0.355 e. The Morgan fingerprint density at radius 2 is 1.79 bits per heavy atom. The molecule has 0 aliphatic heterocycles. The Morgan fingerprint density at radius 1 is 1.04 bits per heavy atom. The molecular formula is C19H23N3O2. The Hall–Kier alpha value is -2.66. The topological polar surface area (TPSA) is 84.2 Å². The van der Waals surface area contributed by atoms with E-state index >= 15 is 0 Å². The fraction of sp³-hybridized carbons (Fsp3) is 0.263. The van der Waals surface area contributed by atoms with Gasteiger partial charge >= 0.3 is 0 Å². The molecule has 0 aliphatic rings. The van der Waals surface area contributed by atoms with Gasteiger partial charge in [0.05, 0.1) is 6.42 Å². The minimum atomic E-state index is -0.187. The molecule has 0 aliphatic carbocycles. The molecule has 0 unspecified atom stereocenters. The Kier molecular flexibility index (Phi) is 6.09. The zero-order chi connectivity index (χ0) is 17.5. The van der Waals surface area contributed by atoms with Crippen LogP contribution in [-0.2, 0) is 11.2 Å². The van der Waals surface area contributed by atoms with E-state index in [1.54, 1.807) is 12.1 Å². The van der Waals surface area contributed by atoms with Crippen molar-refractivity contribution in [1.29, 1.82) is 0 Å². The van der Waals surface area contributed by atoms with Gasteiger partial charge in [0.15, 0.2) is 0 Å². The molecule has 5 nitrogen and oxygen atoms in total. The van der Waals surface area contributed by atoms with Crippen LogP contribution in [0.15, 0.2) is 42.5 Å². The van der Waals surface area contributed by atoms with Crippen LogP contribution < -0.4 is 16.4 Å². The van der Waals surface area contributed by atoms with Crippen molar-refractivity contribution in [3.63, 3.8) is 0 Å². The van der Waals surface area contributed by atoms with Gasteiger partial charge in [-0.25, -0.2) is 0 Å². The molecule has 2 aromatic rings. The summed E-state index contributed by atoms with van der Waals surface area (Å²) in [5.41, 5.74) is 9.60. The molecule has 0 bridgehead atoms. The number of para-hydroxylation sites is 1. The van der Waals surface area contributed by atoms with Crippen LogP contribution in [0, 0.1) is 13.8 Å². The Labute approximate surface area is 142 Å². The average molecular weight is 325 g/mol. The molecule has 0 aromatic heterocycles. The van der Waals surface area contributed by atoms with Crippen LogP contribution in [0.1, 0.15) is 27.0 Å². The number of nitrogens with one attached hydrogen (secondary N) is 2. The van der Waals surface area contributed by atoms with Gasteiger partial charge in [0.1, 0.15) is 0 Å². The van der Waals surface area contributed by atoms with Crippen LogP contribution >= 0.6 is 0 Å². The van der Waals surface area contributed by atoms with Crippen molar-refractivity contribution in [2.24, 2.45) is 5.73 Å². The summed E-state index contributed by atoms with van der Waals surface area (Å²) < 4.78 is 0. The first-order valence-electron chi connectivity index (χ1n) is 7.94. The predicted octanol–water partition coefficient (Wildman–Crippen LogP) is 2.17. The van der Waals surface area contributed by atoms with E-state index < -0.39 is 0 Å². The summed E-state index contributed by atoms with van der Waals surface area (Å²) in [6, 6.07) is 12.9. The van der Waals surface area contributed by atoms with E-state index in [1.807, 2.05) is 44.2 Å². The molecule has 2 amide bonds. The van der Waals surface area contributed by atoms with Crippen molar-refractivity contribution >= 4 is 17.5 Å². The summed E-state index contributed by atoms with van der Waals surface area (Å²) in [5, 5.41) is 5.62. The molecule has 0 radical (unpaired) electrons. The van der Waals surface area contributed by atoms with Gasteiger partial charge in [-0.05, 0) is 48.7 Å². The van der Waals surface area contributed by atoms with Crippen LogP contribution in [0.5, 0.6) is 0 Å². The Morgan fingerprint density at radius 3 is 2.50 bits per heavy atom. The molecular weight excluding hydrogens is 302 g/mol. The lowest BCUT2D eigenvalue weighted by molar-refractivity contribution is -0.120. The molecule has 2 rings (SSSR count). The van der Waals surface area contributed by atoms with Crippen LogP contribution in [0.25, 0.3) is 0 Å². The van der Waals surface area contributed by atoms with Crippen molar-refractivity contribution in [2.75, 3.05) is 18.4 Å². The predicted molar refractivity (Wildman–Crippen MR) is 96.1 cm³/mol. The van der Waals surface area contributed by atoms with Gasteiger partial charge < -0.3 is 16.4 Å². The van der Waals surface area contributed by atoms with Crippen molar-refractivity contribution < 1.29 is 9.59 Å². The molecule has 0 saturated heterocycles. The minimum absolute atomic E-state index is 0.117. The van der Waals surface area contributed by atoms with Crippen LogP contribution in [0.4, 0.5) is 5.69 Å². The normalized spacial score (nSPS) is 10.3. The van der Waals surface area contributed by atoms with Gasteiger partial charge in [0.25, 0.3) is 5.91 Å². The van der Waals surface area contributed by atoms with Gasteiger partial charge in [0.2, 0.25) is 5.91 Å². The number of amides is 2. The van der Waals surface area contributed by atoms with Gasteiger partial charge in [-0.1, -0.05) is 24.3 Å². The number of nitrogens with two attached hydrogens (primary N) is 1. The average Bonchev–Trinajstić information content (AvgIpc) is 2.57. The van der Waals surface area contributed by atoms with Crippen molar-refractivity contribution in [2.45, 2.75) is 20.3 Å². The summed E-state index contributed by atoms with van der Waals surface area (Å²) >= 11 is 0. The zero-order valence-electron chi connectivity index (χ0n) is 14.1. The quantitative estimate of drug-likeness (QED) is 0.761. The fourth-order valence-corrected chi connectivity index (χ4v) is 2.32. The summed E-state index contributed by atoms with van der Waals surface area (Å²) in [5.74, 6) is -0.304. The highest BCUT2D eigenvalue weighted by molar-refractivity contribution is 6.05. The molecule has 0 atom stereocenters. The van der Waals surface area contributed by atoms with E-state index in [-0.39, 0.29) is 18.2 Å². The van der Waals surface area contributed by atoms with Gasteiger partial charge in [-0.3, -0.25) is 9.59 Å². The first-order chi connectivity index (χ1) is 11.5. The Bertz CT molecular complexity index is 741. The maximum absolute atomic E-state index is 12.5. The molecule has 24 heavy (non-hydrogen) atoms. The van der Waals surface area contributed by atoms with E-state index in [4.69, 9.17) is 5.73 Å². The fourth-order valence-electron chi connectivity index (χ4n) is 2.32. The number of carbonyl (C=O) groups excluding carboxylic acids is 2. The lowest BCUT2D eigenvalue weighted by atomic mass is 10.1. The number of carbonyl (C=O) groups is 2. The highest BCUT2D eigenvalue weighted by Gasteiger charge is 2.12. The third kappa shape index (κ3) is 4.67. The number of rotatable bonds is 6. The molecule has 0 spiro atoms. The molecule has 2 aromatic carbocycles. The van der Waals surface area contributed by atoms with Gasteiger partial charge in [-0.15, -0.1) is 0 Å². The summed E-state index contributed by atoms with van der Waals surface area (Å²) in [6.07, 6.45) is 0.198. The van der Waals surface area contributed by atoms with Gasteiger partial charge in [0, 0.05) is 24.3 Å². The highest BCUT2D eigenvalue weighted by atomic mass is 16.2. The smallest absolute Gasteiger partial charge is 0.255 e. The third-order valence-corrected chi connectivity index (χ3v) is 3.85. The summed E-state index contributed by atoms with van der Waals surface area (Å²) in [4.78, 5) is 24.3. The van der Waals surface area contributed by atoms with E-state index in [1.165, 1.54) is 0 Å². The lowest BCUT2D eigenvalue weighted by Gasteiger charge is -2.12.